The highest BCUT2D eigenvalue weighted by Gasteiger charge is 2.20. The molecule has 2 aromatic rings. The van der Waals surface area contributed by atoms with E-state index in [1.54, 1.807) is 0 Å². The number of nitrogens with zero attached hydrogens (tertiary/aromatic N) is 2. The van der Waals surface area contributed by atoms with Crippen LogP contribution in [0.4, 0.5) is 14.7 Å². The van der Waals surface area contributed by atoms with Crippen molar-refractivity contribution in [2.45, 2.75) is 32.9 Å². The van der Waals surface area contributed by atoms with Crippen molar-refractivity contribution in [3.63, 3.8) is 0 Å². The van der Waals surface area contributed by atoms with Crippen LogP contribution in [-0.2, 0) is 11.3 Å². The number of fused-ring (bicyclic) bond motifs is 1. The van der Waals surface area contributed by atoms with Crippen LogP contribution in [0.5, 0.6) is 0 Å². The highest BCUT2D eigenvalue weighted by Crippen LogP contribution is 2.23. The minimum Gasteiger partial charge on any atom is -0.369 e. The predicted octanol–water partition coefficient (Wildman–Crippen LogP) is 1.81. The molecule has 0 saturated heterocycles. The number of amides is 1. The second-order valence-electron chi connectivity index (χ2n) is 5.58. The van der Waals surface area contributed by atoms with Crippen molar-refractivity contribution >= 4 is 22.9 Å². The van der Waals surface area contributed by atoms with Gasteiger partial charge in [0, 0.05) is 5.54 Å². The number of nitrogens with two attached hydrogens (primary N) is 1. The molecule has 108 valence electrons. The van der Waals surface area contributed by atoms with Crippen molar-refractivity contribution in [1.29, 1.82) is 0 Å². The largest absolute Gasteiger partial charge is 0.369 e. The third kappa shape index (κ3) is 2.71. The first-order valence-electron chi connectivity index (χ1n) is 6.10. The minimum absolute atomic E-state index is 0.0337. The van der Waals surface area contributed by atoms with Crippen molar-refractivity contribution in [1.82, 2.24) is 14.9 Å². The summed E-state index contributed by atoms with van der Waals surface area (Å²) in [5.41, 5.74) is 5.35. The number of halogens is 2. The maximum Gasteiger partial charge on any atom is 0.240 e. The lowest BCUT2D eigenvalue weighted by atomic mass is 10.1. The van der Waals surface area contributed by atoms with Crippen LogP contribution in [0.15, 0.2) is 12.1 Å². The van der Waals surface area contributed by atoms with Gasteiger partial charge in [0.15, 0.2) is 11.6 Å². The Kier molecular flexibility index (Phi) is 3.37. The Morgan fingerprint density at radius 1 is 1.40 bits per heavy atom. The molecule has 7 heteroatoms. The standard InChI is InChI=1S/C13H16F2N4O/c1-13(2,3)18-9(20)6-19-11-8(17-12(19)16)5-4-7(14)10(11)15/h4-5H,6H2,1-3H3,(H2,16,17)(H,18,20). The first-order chi connectivity index (χ1) is 9.19. The van der Waals surface area contributed by atoms with Gasteiger partial charge in [-0.05, 0) is 32.9 Å². The molecule has 0 aliphatic carbocycles. The number of carbonyl (C=O) groups is 1. The second kappa shape index (κ2) is 4.73. The lowest BCUT2D eigenvalue weighted by Gasteiger charge is -2.20. The van der Waals surface area contributed by atoms with Gasteiger partial charge in [-0.1, -0.05) is 0 Å². The summed E-state index contributed by atoms with van der Waals surface area (Å²) in [7, 11) is 0. The van der Waals surface area contributed by atoms with E-state index in [4.69, 9.17) is 5.73 Å². The van der Waals surface area contributed by atoms with E-state index in [2.05, 4.69) is 10.3 Å². The Balaban J connectivity index is 2.42. The van der Waals surface area contributed by atoms with E-state index in [9.17, 15) is 13.6 Å². The Morgan fingerprint density at radius 3 is 2.65 bits per heavy atom. The summed E-state index contributed by atoms with van der Waals surface area (Å²) < 4.78 is 28.3. The van der Waals surface area contributed by atoms with E-state index in [1.165, 1.54) is 6.07 Å². The molecular weight excluding hydrogens is 266 g/mol. The number of carbonyl (C=O) groups excluding carboxylic acids is 1. The molecule has 1 heterocycles. The van der Waals surface area contributed by atoms with Gasteiger partial charge in [0.05, 0.1) is 5.52 Å². The fourth-order valence-electron chi connectivity index (χ4n) is 1.94. The molecular formula is C13H16F2N4O. The molecule has 0 saturated carbocycles. The highest BCUT2D eigenvalue weighted by molar-refractivity contribution is 5.83. The molecule has 0 fully saturated rings. The third-order valence-electron chi connectivity index (χ3n) is 2.65. The molecule has 0 unspecified atom stereocenters. The highest BCUT2D eigenvalue weighted by atomic mass is 19.2. The molecule has 0 bridgehead atoms. The Labute approximate surface area is 114 Å². The predicted molar refractivity (Wildman–Crippen MR) is 72.0 cm³/mol. The van der Waals surface area contributed by atoms with Crippen molar-refractivity contribution in [2.75, 3.05) is 5.73 Å². The number of imidazole rings is 1. The second-order valence-corrected chi connectivity index (χ2v) is 5.58. The molecule has 0 aliphatic heterocycles. The average Bonchev–Trinajstić information content (AvgIpc) is 2.59. The zero-order valence-electron chi connectivity index (χ0n) is 11.5. The first-order valence-corrected chi connectivity index (χ1v) is 6.10. The maximum atomic E-state index is 13.8. The lowest BCUT2D eigenvalue weighted by Crippen LogP contribution is -2.42. The molecule has 20 heavy (non-hydrogen) atoms. The van der Waals surface area contributed by atoms with Gasteiger partial charge < -0.3 is 11.1 Å². The monoisotopic (exact) mass is 282 g/mol. The van der Waals surface area contributed by atoms with Gasteiger partial charge in [-0.25, -0.2) is 13.8 Å². The van der Waals surface area contributed by atoms with E-state index in [0.29, 0.717) is 0 Å². The van der Waals surface area contributed by atoms with Crippen LogP contribution in [-0.4, -0.2) is 21.0 Å². The van der Waals surface area contributed by atoms with Crippen molar-refractivity contribution < 1.29 is 13.6 Å². The molecule has 0 atom stereocenters. The average molecular weight is 282 g/mol. The van der Waals surface area contributed by atoms with Crippen LogP contribution in [0, 0.1) is 11.6 Å². The first kappa shape index (κ1) is 14.2. The molecule has 1 amide bonds. The van der Waals surface area contributed by atoms with E-state index in [-0.39, 0.29) is 29.4 Å². The molecule has 5 nitrogen and oxygen atoms in total. The van der Waals surface area contributed by atoms with Gasteiger partial charge in [-0.15, -0.1) is 0 Å². The van der Waals surface area contributed by atoms with E-state index >= 15 is 0 Å². The smallest absolute Gasteiger partial charge is 0.240 e. The molecule has 3 N–H and O–H groups in total. The number of rotatable bonds is 2. The van der Waals surface area contributed by atoms with Crippen LogP contribution >= 0.6 is 0 Å². The van der Waals surface area contributed by atoms with Crippen LogP contribution < -0.4 is 11.1 Å². The van der Waals surface area contributed by atoms with Crippen molar-refractivity contribution in [2.24, 2.45) is 0 Å². The summed E-state index contributed by atoms with van der Waals surface area (Å²) in [5, 5.41) is 2.72. The Morgan fingerprint density at radius 2 is 2.05 bits per heavy atom. The maximum absolute atomic E-state index is 13.8. The van der Waals surface area contributed by atoms with Gasteiger partial charge in [-0.3, -0.25) is 9.36 Å². The summed E-state index contributed by atoms with van der Waals surface area (Å²) in [6, 6.07) is 2.30. The fourth-order valence-corrected chi connectivity index (χ4v) is 1.94. The van der Waals surface area contributed by atoms with Crippen molar-refractivity contribution in [3.8, 4) is 0 Å². The summed E-state index contributed by atoms with van der Waals surface area (Å²) >= 11 is 0. The molecule has 1 aromatic heterocycles. The van der Waals surface area contributed by atoms with Gasteiger partial charge in [0.1, 0.15) is 12.1 Å². The van der Waals surface area contributed by atoms with Gasteiger partial charge in [-0.2, -0.15) is 0 Å². The summed E-state index contributed by atoms with van der Waals surface area (Å²) in [6.45, 7) is 5.24. The molecule has 1 aromatic carbocycles. The Bertz CT molecular complexity index is 673. The van der Waals surface area contributed by atoms with Gasteiger partial charge in [0.2, 0.25) is 11.9 Å². The Hall–Kier alpha value is -2.18. The summed E-state index contributed by atoms with van der Waals surface area (Å²) in [6.07, 6.45) is 0. The zero-order valence-corrected chi connectivity index (χ0v) is 11.5. The van der Waals surface area contributed by atoms with E-state index in [1.807, 2.05) is 20.8 Å². The van der Waals surface area contributed by atoms with Crippen molar-refractivity contribution in [3.05, 3.63) is 23.8 Å². The molecule has 0 spiro atoms. The number of nitrogen functional groups attached to an aromatic ring is 1. The number of aromatic nitrogens is 2. The van der Waals surface area contributed by atoms with Crippen LogP contribution in [0.25, 0.3) is 11.0 Å². The number of nitrogens with one attached hydrogen (secondary N) is 1. The fraction of sp³-hybridized carbons (Fsp3) is 0.385. The molecule has 0 radical (unpaired) electrons. The van der Waals surface area contributed by atoms with E-state index in [0.717, 1.165) is 10.6 Å². The normalized spacial score (nSPS) is 11.8. The SMILES string of the molecule is CC(C)(C)NC(=O)Cn1c(N)nc2ccc(F)c(F)c21. The molecule has 0 aliphatic rings. The van der Waals surface area contributed by atoms with E-state index < -0.39 is 17.2 Å². The summed E-state index contributed by atoms with van der Waals surface area (Å²) in [5.74, 6) is -2.45. The number of hydrogen-bond acceptors (Lipinski definition) is 3. The zero-order chi connectivity index (χ0) is 15.1. The van der Waals surface area contributed by atoms with Crippen LogP contribution in [0.1, 0.15) is 20.8 Å². The van der Waals surface area contributed by atoms with Crippen LogP contribution in [0.2, 0.25) is 0 Å². The number of anilines is 1. The number of hydrogen-bond donors (Lipinski definition) is 2. The third-order valence-corrected chi connectivity index (χ3v) is 2.65. The summed E-state index contributed by atoms with van der Waals surface area (Å²) in [4.78, 5) is 15.8. The topological polar surface area (TPSA) is 72.9 Å². The van der Waals surface area contributed by atoms with Gasteiger partial charge >= 0.3 is 0 Å². The van der Waals surface area contributed by atoms with Gasteiger partial charge in [0.25, 0.3) is 0 Å². The quantitative estimate of drug-likeness (QED) is 0.882. The minimum atomic E-state index is -1.06. The molecule has 2 rings (SSSR count). The lowest BCUT2D eigenvalue weighted by molar-refractivity contribution is -0.123. The van der Waals surface area contributed by atoms with Crippen LogP contribution in [0.3, 0.4) is 0 Å². The number of benzene rings is 1.